The summed E-state index contributed by atoms with van der Waals surface area (Å²) in [7, 11) is 2.13. The normalized spacial score (nSPS) is 16.8. The molecule has 0 atom stereocenters. The number of rotatable bonds is 7. The van der Waals surface area contributed by atoms with E-state index >= 15 is 0 Å². The molecule has 0 radical (unpaired) electrons. The maximum Gasteiger partial charge on any atom is 0.360 e. The predicted octanol–water partition coefficient (Wildman–Crippen LogP) is 4.63. The lowest BCUT2D eigenvalue weighted by molar-refractivity contribution is 0.0246. The van der Waals surface area contributed by atoms with Crippen molar-refractivity contribution in [3.63, 3.8) is 0 Å². The largest absolute Gasteiger partial charge is 0.367 e. The average Bonchev–Trinajstić information content (AvgIpc) is 3.54. The molecule has 3 heterocycles. The molecule has 1 saturated heterocycles. The third-order valence-electron chi connectivity index (χ3n) is 6.49. The molecule has 1 saturated carbocycles. The van der Waals surface area contributed by atoms with Gasteiger partial charge in [-0.3, -0.25) is 4.40 Å². The van der Waals surface area contributed by atoms with Crippen LogP contribution in [-0.4, -0.2) is 60.0 Å². The molecule has 1 aromatic carbocycles. The number of anilines is 3. The molecule has 5 rings (SSSR count). The van der Waals surface area contributed by atoms with Gasteiger partial charge < -0.3 is 20.0 Å². The van der Waals surface area contributed by atoms with E-state index in [4.69, 9.17) is 21.4 Å². The van der Waals surface area contributed by atoms with Crippen LogP contribution in [0, 0.1) is 12.8 Å². The molecule has 1 aliphatic heterocycles. The van der Waals surface area contributed by atoms with E-state index in [1.54, 1.807) is 0 Å². The van der Waals surface area contributed by atoms with Crippen molar-refractivity contribution in [3.8, 4) is 0 Å². The molecule has 0 bridgehead atoms. The van der Waals surface area contributed by atoms with Gasteiger partial charge >= 0.3 is 5.97 Å². The quantitative estimate of drug-likeness (QED) is 0.418. The number of hydrogen-bond acceptors (Lipinski definition) is 7. The summed E-state index contributed by atoms with van der Waals surface area (Å²) in [5, 5.41) is 3.90. The fraction of sp³-hybridized carbons (Fsp3) is 0.417. The Bertz CT molecular complexity index is 1220. The van der Waals surface area contributed by atoms with Crippen molar-refractivity contribution in [1.82, 2.24) is 19.8 Å². The first kappa shape index (κ1) is 23.4. The number of nitrogens with one attached hydrogen (secondary N) is 2. The zero-order chi connectivity index (χ0) is 23.8. The maximum atomic E-state index is 13.2. The fourth-order valence-corrected chi connectivity index (χ4v) is 4.90. The van der Waals surface area contributed by atoms with Gasteiger partial charge in [-0.25, -0.2) is 9.78 Å². The van der Waals surface area contributed by atoms with E-state index in [1.165, 1.54) is 12.8 Å². The van der Waals surface area contributed by atoms with E-state index in [-0.39, 0.29) is 0 Å². The number of imidazole rings is 1. The first-order chi connectivity index (χ1) is 16.4. The molecule has 2 aliphatic rings. The van der Waals surface area contributed by atoms with Crippen molar-refractivity contribution in [2.75, 3.05) is 50.0 Å². The van der Waals surface area contributed by atoms with Crippen LogP contribution in [-0.2, 0) is 4.84 Å². The Morgan fingerprint density at radius 3 is 2.74 bits per heavy atom. The number of benzene rings is 1. The summed E-state index contributed by atoms with van der Waals surface area (Å²) >= 11 is 9.91. The van der Waals surface area contributed by atoms with Crippen LogP contribution < -0.4 is 15.7 Å². The van der Waals surface area contributed by atoms with Crippen LogP contribution >= 0.6 is 27.5 Å². The molecule has 1 aliphatic carbocycles. The number of piperazine rings is 1. The van der Waals surface area contributed by atoms with Crippen LogP contribution in [0.3, 0.4) is 0 Å². The summed E-state index contributed by atoms with van der Waals surface area (Å²) in [4.78, 5) is 28.0. The Labute approximate surface area is 212 Å². The molecule has 2 fully saturated rings. The molecule has 3 aromatic rings. The van der Waals surface area contributed by atoms with E-state index < -0.39 is 5.97 Å². The highest BCUT2D eigenvalue weighted by atomic mass is 79.9. The number of hydroxylamine groups is 1. The van der Waals surface area contributed by atoms with Crippen molar-refractivity contribution in [3.05, 3.63) is 51.2 Å². The molecule has 180 valence electrons. The van der Waals surface area contributed by atoms with Gasteiger partial charge in [-0.2, -0.15) is 5.48 Å². The Morgan fingerprint density at radius 2 is 2.03 bits per heavy atom. The number of likely N-dealkylation sites (N-methyl/N-ethyl adjacent to an activating group) is 1. The van der Waals surface area contributed by atoms with Gasteiger partial charge in [0.15, 0.2) is 0 Å². The molecule has 0 unspecified atom stereocenters. The lowest BCUT2D eigenvalue weighted by atomic mass is 10.1. The van der Waals surface area contributed by atoms with Crippen LogP contribution in [0.25, 0.3) is 5.65 Å². The highest BCUT2D eigenvalue weighted by Gasteiger charge is 2.25. The van der Waals surface area contributed by atoms with Crippen molar-refractivity contribution in [2.45, 2.75) is 19.8 Å². The fourth-order valence-electron chi connectivity index (χ4n) is 4.18. The Kier molecular flexibility index (Phi) is 6.70. The van der Waals surface area contributed by atoms with Gasteiger partial charge in [0, 0.05) is 49.0 Å². The molecule has 34 heavy (non-hydrogen) atoms. The Morgan fingerprint density at radius 1 is 1.26 bits per heavy atom. The van der Waals surface area contributed by atoms with Crippen molar-refractivity contribution >= 4 is 56.3 Å². The molecule has 0 spiro atoms. The first-order valence-corrected chi connectivity index (χ1v) is 12.7. The lowest BCUT2D eigenvalue weighted by Gasteiger charge is -2.33. The average molecular weight is 548 g/mol. The minimum Gasteiger partial charge on any atom is -0.367 e. The molecule has 10 heteroatoms. The van der Waals surface area contributed by atoms with Gasteiger partial charge in [0.2, 0.25) is 0 Å². The van der Waals surface area contributed by atoms with E-state index in [0.717, 1.165) is 47.7 Å². The number of fused-ring (bicyclic) bond motifs is 1. The smallest absolute Gasteiger partial charge is 0.360 e. The van der Waals surface area contributed by atoms with Crippen LogP contribution in [0.15, 0.2) is 35.1 Å². The van der Waals surface area contributed by atoms with Crippen LogP contribution in [0.1, 0.15) is 28.8 Å². The van der Waals surface area contributed by atoms with E-state index in [0.29, 0.717) is 34.4 Å². The lowest BCUT2D eigenvalue weighted by Crippen LogP contribution is -2.44. The van der Waals surface area contributed by atoms with Gasteiger partial charge in [0.05, 0.1) is 22.6 Å². The molecule has 2 N–H and O–H groups in total. The topological polar surface area (TPSA) is 74.1 Å². The second kappa shape index (κ2) is 9.73. The summed E-state index contributed by atoms with van der Waals surface area (Å²) in [5.74, 6) is 1.12. The highest BCUT2D eigenvalue weighted by Crippen LogP contribution is 2.34. The molecule has 2 aromatic heterocycles. The van der Waals surface area contributed by atoms with E-state index in [2.05, 4.69) is 43.6 Å². The minimum absolute atomic E-state index is 0.417. The summed E-state index contributed by atoms with van der Waals surface area (Å²) in [5.41, 5.74) is 6.22. The summed E-state index contributed by atoms with van der Waals surface area (Å²) < 4.78 is 2.87. The number of nitrogens with zero attached hydrogens (tertiary/aromatic N) is 4. The van der Waals surface area contributed by atoms with E-state index in [1.807, 2.05) is 41.9 Å². The SMILES string of the molecule is Cc1c(Nc2ccc(Br)cc2Cl)c(C(=O)ONCC2CC2)cn2c(N3CCN(C)CC3)cnc12. The first-order valence-electron chi connectivity index (χ1n) is 11.5. The van der Waals surface area contributed by atoms with Gasteiger partial charge in [0.1, 0.15) is 17.0 Å². The zero-order valence-electron chi connectivity index (χ0n) is 19.3. The minimum atomic E-state index is -0.445. The highest BCUT2D eigenvalue weighted by molar-refractivity contribution is 9.10. The number of aromatic nitrogens is 2. The molecular formula is C24H28BrClN6O2. The van der Waals surface area contributed by atoms with Crippen LogP contribution in [0.5, 0.6) is 0 Å². The molecule has 8 nitrogen and oxygen atoms in total. The summed E-state index contributed by atoms with van der Waals surface area (Å²) in [6.45, 7) is 6.40. The standard InChI is InChI=1S/C24H28BrClN6O2/c1-15-22(29-20-6-5-17(25)11-19(20)26)18(24(33)34-28-12-16-3-4-16)14-32-21(13-27-23(15)32)31-9-7-30(2)8-10-31/h5-6,11,13-14,16,28-29H,3-4,7-10,12H2,1-2H3. The number of aryl methyl sites for hydroxylation is 1. The second-order valence-corrected chi connectivity index (χ2v) is 10.4. The van der Waals surface area contributed by atoms with Gasteiger partial charge in [0.25, 0.3) is 0 Å². The number of pyridine rings is 1. The van der Waals surface area contributed by atoms with Crippen molar-refractivity contribution in [2.24, 2.45) is 5.92 Å². The molecule has 0 amide bonds. The van der Waals surface area contributed by atoms with Crippen molar-refractivity contribution < 1.29 is 9.63 Å². The predicted molar refractivity (Wildman–Crippen MR) is 138 cm³/mol. The van der Waals surface area contributed by atoms with Gasteiger partial charge in [-0.1, -0.05) is 27.5 Å². The zero-order valence-corrected chi connectivity index (χ0v) is 21.6. The monoisotopic (exact) mass is 546 g/mol. The van der Waals surface area contributed by atoms with Gasteiger partial charge in [-0.15, -0.1) is 0 Å². The molecular weight excluding hydrogens is 520 g/mol. The van der Waals surface area contributed by atoms with Crippen LogP contribution in [0.4, 0.5) is 17.2 Å². The number of halogens is 2. The Balaban J connectivity index is 1.53. The third kappa shape index (κ3) is 4.88. The number of carbonyl (C=O) groups is 1. The second-order valence-electron chi connectivity index (χ2n) is 9.07. The maximum absolute atomic E-state index is 13.2. The van der Waals surface area contributed by atoms with Gasteiger partial charge in [-0.05, 0) is 50.9 Å². The van der Waals surface area contributed by atoms with Crippen molar-refractivity contribution in [1.29, 1.82) is 0 Å². The number of carbonyl (C=O) groups excluding carboxylic acids is 1. The third-order valence-corrected chi connectivity index (χ3v) is 7.29. The summed E-state index contributed by atoms with van der Waals surface area (Å²) in [6, 6.07) is 5.59. The number of hydrogen-bond donors (Lipinski definition) is 2. The van der Waals surface area contributed by atoms with E-state index in [9.17, 15) is 4.79 Å². The van der Waals surface area contributed by atoms with Crippen LogP contribution in [0.2, 0.25) is 5.02 Å². The Hall–Kier alpha value is -2.33. The summed E-state index contributed by atoms with van der Waals surface area (Å²) in [6.07, 6.45) is 6.05.